The molecular formula is C32H38FN3. The number of pyridine rings is 1. The molecule has 4 aromatic rings. The predicted octanol–water partition coefficient (Wildman–Crippen LogP) is 9.06. The zero-order valence-electron chi connectivity index (χ0n) is 22.1. The highest BCUT2D eigenvalue weighted by Gasteiger charge is 2.17. The van der Waals surface area contributed by atoms with E-state index in [4.69, 9.17) is 0 Å². The van der Waals surface area contributed by atoms with Gasteiger partial charge in [-0.05, 0) is 43.5 Å². The molecular weight excluding hydrogens is 445 g/mol. The third-order valence-electron chi connectivity index (χ3n) is 5.28. The molecule has 0 radical (unpaired) electrons. The zero-order valence-corrected chi connectivity index (χ0v) is 22.1. The molecule has 0 N–H and O–H groups in total. The largest absolute Gasteiger partial charge is 0.325 e. The highest BCUT2D eigenvalue weighted by atomic mass is 19.1. The molecule has 0 bridgehead atoms. The molecule has 0 aliphatic carbocycles. The lowest BCUT2D eigenvalue weighted by atomic mass is 9.98. The van der Waals surface area contributed by atoms with Gasteiger partial charge in [0.05, 0.1) is 18.1 Å². The molecule has 0 unspecified atom stereocenters. The fourth-order valence-electron chi connectivity index (χ4n) is 3.34. The van der Waals surface area contributed by atoms with Crippen molar-refractivity contribution in [3.8, 4) is 11.3 Å². The smallest absolute Gasteiger partial charge is 0.212 e. The van der Waals surface area contributed by atoms with E-state index in [0.29, 0.717) is 0 Å². The minimum Gasteiger partial charge on any atom is -0.325 e. The van der Waals surface area contributed by atoms with Gasteiger partial charge in [-0.3, -0.25) is 0 Å². The summed E-state index contributed by atoms with van der Waals surface area (Å²) >= 11 is 0. The molecule has 0 saturated carbocycles. The summed E-state index contributed by atoms with van der Waals surface area (Å²) in [6, 6.07) is 23.7. The van der Waals surface area contributed by atoms with Crippen LogP contribution in [0.15, 0.2) is 115 Å². The van der Waals surface area contributed by atoms with Crippen molar-refractivity contribution in [3.05, 3.63) is 132 Å². The molecule has 36 heavy (non-hydrogen) atoms. The Morgan fingerprint density at radius 1 is 0.889 bits per heavy atom. The first-order valence-corrected chi connectivity index (χ1v) is 12.6. The van der Waals surface area contributed by atoms with E-state index in [0.717, 1.165) is 17.7 Å². The molecule has 0 aliphatic rings. The summed E-state index contributed by atoms with van der Waals surface area (Å²) in [5, 5.41) is 0. The molecule has 0 amide bonds. The Hall–Kier alpha value is -3.79. The summed E-state index contributed by atoms with van der Waals surface area (Å²) in [5.41, 5.74) is 5.34. The third-order valence-corrected chi connectivity index (χ3v) is 5.28. The van der Waals surface area contributed by atoms with Crippen LogP contribution in [0.4, 0.5) is 4.39 Å². The van der Waals surface area contributed by atoms with Gasteiger partial charge in [0.15, 0.2) is 0 Å². The summed E-state index contributed by atoms with van der Waals surface area (Å²) in [6.07, 6.45) is 13.9. The van der Waals surface area contributed by atoms with E-state index in [-0.39, 0.29) is 6.04 Å². The number of nitrogens with zero attached hydrogens (tertiary/aromatic N) is 3. The summed E-state index contributed by atoms with van der Waals surface area (Å²) in [7, 11) is 0. The van der Waals surface area contributed by atoms with Gasteiger partial charge < -0.3 is 4.57 Å². The number of rotatable bonds is 6. The van der Waals surface area contributed by atoms with Crippen LogP contribution in [-0.2, 0) is 0 Å². The molecule has 0 atom stereocenters. The fourth-order valence-corrected chi connectivity index (χ4v) is 3.34. The second-order valence-corrected chi connectivity index (χ2v) is 8.40. The molecule has 188 valence electrons. The number of hydrogen-bond acceptors (Lipinski definition) is 2. The van der Waals surface area contributed by atoms with Crippen LogP contribution in [0, 0.1) is 5.95 Å². The summed E-state index contributed by atoms with van der Waals surface area (Å²) in [5.74, 6) is -0.491. The van der Waals surface area contributed by atoms with Crippen molar-refractivity contribution in [1.29, 1.82) is 0 Å². The second kappa shape index (κ2) is 16.0. The molecule has 0 spiro atoms. The maximum Gasteiger partial charge on any atom is 0.212 e. The Balaban J connectivity index is 0.000000352. The van der Waals surface area contributed by atoms with Crippen molar-refractivity contribution >= 4 is 0 Å². The van der Waals surface area contributed by atoms with Crippen LogP contribution in [0.3, 0.4) is 0 Å². The van der Waals surface area contributed by atoms with Gasteiger partial charge in [0, 0.05) is 18.0 Å². The van der Waals surface area contributed by atoms with E-state index in [1.165, 1.54) is 35.4 Å². The lowest BCUT2D eigenvalue weighted by Crippen LogP contribution is -2.10. The highest BCUT2D eigenvalue weighted by molar-refractivity contribution is 5.56. The van der Waals surface area contributed by atoms with E-state index in [1.54, 1.807) is 6.07 Å². The van der Waals surface area contributed by atoms with Gasteiger partial charge in [-0.2, -0.15) is 4.39 Å². The molecule has 0 saturated heterocycles. The highest BCUT2D eigenvalue weighted by Crippen LogP contribution is 2.28. The van der Waals surface area contributed by atoms with E-state index >= 15 is 0 Å². The van der Waals surface area contributed by atoms with Crippen LogP contribution < -0.4 is 0 Å². The lowest BCUT2D eigenvalue weighted by molar-refractivity contribution is 0.584. The summed E-state index contributed by atoms with van der Waals surface area (Å²) in [6.45, 7) is 10.6. The first-order valence-electron chi connectivity index (χ1n) is 12.6. The summed E-state index contributed by atoms with van der Waals surface area (Å²) in [4.78, 5) is 8.20. The number of aromatic nitrogens is 3. The topological polar surface area (TPSA) is 30.7 Å². The Morgan fingerprint density at radius 2 is 1.47 bits per heavy atom. The van der Waals surface area contributed by atoms with Gasteiger partial charge in [-0.25, -0.2) is 9.97 Å². The van der Waals surface area contributed by atoms with Crippen LogP contribution >= 0.6 is 0 Å². The molecule has 2 aromatic heterocycles. The zero-order chi connectivity index (χ0) is 26.2. The minimum atomic E-state index is -0.491. The van der Waals surface area contributed by atoms with Crippen molar-refractivity contribution in [2.75, 3.05) is 0 Å². The van der Waals surface area contributed by atoms with Crippen molar-refractivity contribution in [2.24, 2.45) is 0 Å². The van der Waals surface area contributed by atoms with Crippen LogP contribution in [-0.4, -0.2) is 14.5 Å². The Kier molecular flexibility index (Phi) is 12.6. The van der Waals surface area contributed by atoms with Gasteiger partial charge in [-0.15, -0.1) is 0 Å². The average molecular weight is 484 g/mol. The maximum absolute atomic E-state index is 13.0. The van der Waals surface area contributed by atoms with Crippen molar-refractivity contribution in [2.45, 2.75) is 53.5 Å². The van der Waals surface area contributed by atoms with Crippen molar-refractivity contribution in [1.82, 2.24) is 14.5 Å². The Morgan fingerprint density at radius 3 is 1.94 bits per heavy atom. The monoisotopic (exact) mass is 483 g/mol. The van der Waals surface area contributed by atoms with Gasteiger partial charge in [0.1, 0.15) is 0 Å². The molecule has 4 rings (SSSR count). The molecule has 3 nitrogen and oxygen atoms in total. The molecule has 2 aromatic carbocycles. The quantitative estimate of drug-likeness (QED) is 0.202. The van der Waals surface area contributed by atoms with E-state index in [2.05, 4.69) is 78.6 Å². The fraction of sp³-hybridized carbons (Fsp3) is 0.250. The number of imidazole rings is 1. The molecule has 0 fully saturated rings. The first kappa shape index (κ1) is 28.4. The molecule has 0 aliphatic heterocycles. The normalized spacial score (nSPS) is 11.0. The molecule has 4 heteroatoms. The number of benzene rings is 2. The van der Waals surface area contributed by atoms with Crippen molar-refractivity contribution in [3.63, 3.8) is 0 Å². The Labute approximate surface area is 216 Å². The first-order chi connectivity index (χ1) is 17.5. The Bertz CT molecular complexity index is 1140. The minimum absolute atomic E-state index is 0.0251. The molecule has 2 heterocycles. The van der Waals surface area contributed by atoms with Crippen LogP contribution in [0.2, 0.25) is 0 Å². The number of halogens is 1. The van der Waals surface area contributed by atoms with Crippen LogP contribution in [0.5, 0.6) is 0 Å². The van der Waals surface area contributed by atoms with Crippen LogP contribution in [0.1, 0.15) is 64.6 Å². The summed E-state index contributed by atoms with van der Waals surface area (Å²) < 4.78 is 15.1. The van der Waals surface area contributed by atoms with Gasteiger partial charge in [-0.1, -0.05) is 112 Å². The average Bonchev–Trinajstić information content (AvgIpc) is 3.39. The predicted molar refractivity (Wildman–Crippen MR) is 150 cm³/mol. The van der Waals surface area contributed by atoms with Gasteiger partial charge in [0.25, 0.3) is 0 Å². The van der Waals surface area contributed by atoms with Crippen molar-refractivity contribution < 1.29 is 4.39 Å². The standard InChI is InChI=1S/C21H16FN3.C8H14.C3H8/c22-20-12-11-18(13-23-20)19-14-25(15-24-19)21(16-7-3-1-4-8-16)17-9-5-2-6-10-17;1-4-6-7-8(3)5-2;1-3-2/h1-15,21H;4,6-7H,5H2,1-3H3;3H2,1-2H3/b;6-4-,8-7-;. The lowest BCUT2D eigenvalue weighted by Gasteiger charge is -2.19. The van der Waals surface area contributed by atoms with E-state index < -0.39 is 5.95 Å². The van der Waals surface area contributed by atoms with Gasteiger partial charge in [0.2, 0.25) is 5.95 Å². The number of allylic oxidation sites excluding steroid dienone is 4. The van der Waals surface area contributed by atoms with E-state index in [1.807, 2.05) is 61.9 Å². The van der Waals surface area contributed by atoms with Gasteiger partial charge >= 0.3 is 0 Å². The SMILES string of the molecule is C/C=C\C=C(\C)CC.CCC.Fc1ccc(-c2cn(C(c3ccccc3)c3ccccc3)cn2)cn1. The number of hydrogen-bond donors (Lipinski definition) is 0. The van der Waals surface area contributed by atoms with E-state index in [9.17, 15) is 4.39 Å². The van der Waals surface area contributed by atoms with Crippen LogP contribution in [0.25, 0.3) is 11.3 Å². The second-order valence-electron chi connectivity index (χ2n) is 8.40. The third kappa shape index (κ3) is 9.10. The maximum atomic E-state index is 13.0.